The Morgan fingerprint density at radius 1 is 0.911 bits per heavy atom. The van der Waals surface area contributed by atoms with Crippen molar-refractivity contribution in [3.8, 4) is 5.75 Å². The van der Waals surface area contributed by atoms with Crippen LogP contribution in [0.3, 0.4) is 0 Å². The second-order valence-electron chi connectivity index (χ2n) is 17.1. The van der Waals surface area contributed by atoms with Crippen LogP contribution in [0.15, 0.2) is 35.9 Å². The van der Waals surface area contributed by atoms with E-state index in [0.29, 0.717) is 43.4 Å². The highest BCUT2D eigenvalue weighted by Gasteiger charge is 2.72. The summed E-state index contributed by atoms with van der Waals surface area (Å²) in [4.78, 5) is 40.9. The van der Waals surface area contributed by atoms with E-state index in [0.717, 1.165) is 18.4 Å². The van der Waals surface area contributed by atoms with Crippen molar-refractivity contribution in [3.63, 3.8) is 0 Å². The number of allylic oxidation sites excluding steroid dienone is 2. The second-order valence-corrected chi connectivity index (χ2v) is 17.1. The number of esters is 1. The molecule has 0 spiro atoms. The van der Waals surface area contributed by atoms with E-state index in [9.17, 15) is 24.6 Å². The van der Waals surface area contributed by atoms with Gasteiger partial charge >= 0.3 is 11.9 Å². The van der Waals surface area contributed by atoms with Gasteiger partial charge in [0.2, 0.25) is 0 Å². The highest BCUT2D eigenvalue weighted by molar-refractivity contribution is 5.96. The smallest absolute Gasteiger partial charge is 0.313 e. The first kappa shape index (κ1) is 32.3. The molecule has 11 atom stereocenters. The van der Waals surface area contributed by atoms with Crippen LogP contribution in [0.1, 0.15) is 112 Å². The van der Waals surface area contributed by atoms with E-state index in [2.05, 4.69) is 47.6 Å². The number of ketones is 1. The van der Waals surface area contributed by atoms with Gasteiger partial charge in [-0.05, 0) is 134 Å². The summed E-state index contributed by atoms with van der Waals surface area (Å²) in [5.41, 5.74) is 0.368. The molecule has 0 radical (unpaired) electrons. The number of aryl methyl sites for hydroxylation is 1. The number of aromatic hydroxyl groups is 1. The van der Waals surface area contributed by atoms with Crippen LogP contribution < -0.4 is 0 Å². The number of carbonyl (C=O) groups excluding carboxylic acids is 2. The molecule has 4 fully saturated rings. The maximum atomic E-state index is 14.6. The fraction of sp³-hybridized carbons (Fsp3) is 0.718. The minimum atomic E-state index is -1.29. The fourth-order valence-electron chi connectivity index (χ4n) is 11.9. The van der Waals surface area contributed by atoms with Gasteiger partial charge in [0.1, 0.15) is 17.3 Å². The monoisotopic (exact) mass is 618 g/mol. The molecule has 6 rings (SSSR count). The number of hydrogen-bond acceptors (Lipinski definition) is 5. The van der Waals surface area contributed by atoms with Crippen molar-refractivity contribution >= 4 is 17.7 Å². The lowest BCUT2D eigenvalue weighted by atomic mass is 9.33. The molecule has 3 unspecified atom stereocenters. The summed E-state index contributed by atoms with van der Waals surface area (Å²) in [6.07, 6.45) is 9.23. The first-order valence-electron chi connectivity index (χ1n) is 17.5. The number of carbonyl (C=O) groups is 3. The lowest BCUT2D eigenvalue weighted by Crippen LogP contribution is -2.68. The fourth-order valence-corrected chi connectivity index (χ4v) is 11.9. The zero-order valence-corrected chi connectivity index (χ0v) is 28.4. The van der Waals surface area contributed by atoms with Gasteiger partial charge in [0.25, 0.3) is 0 Å². The molecule has 2 N–H and O–H groups in total. The van der Waals surface area contributed by atoms with Gasteiger partial charge in [0, 0.05) is 12.3 Å². The topological polar surface area (TPSA) is 101 Å². The Balaban J connectivity index is 1.30. The number of phenols is 1. The molecule has 4 saturated carbocycles. The largest absolute Gasteiger partial charge is 0.508 e. The molecule has 5 aliphatic rings. The molecule has 6 nitrogen and oxygen atoms in total. The van der Waals surface area contributed by atoms with Crippen molar-refractivity contribution in [2.24, 2.45) is 56.7 Å². The van der Waals surface area contributed by atoms with E-state index in [1.54, 1.807) is 31.2 Å². The maximum absolute atomic E-state index is 14.6. The van der Waals surface area contributed by atoms with Crippen LogP contribution in [-0.4, -0.2) is 34.0 Å². The average molecular weight is 619 g/mol. The molecule has 5 aliphatic carbocycles. The third-order valence-electron chi connectivity index (χ3n) is 15.0. The van der Waals surface area contributed by atoms with Gasteiger partial charge in [-0.3, -0.25) is 14.4 Å². The Labute approximate surface area is 269 Å². The summed E-state index contributed by atoms with van der Waals surface area (Å²) in [6, 6.07) is 6.74. The second kappa shape index (κ2) is 10.7. The van der Waals surface area contributed by atoms with E-state index in [4.69, 9.17) is 4.74 Å². The quantitative estimate of drug-likeness (QED) is 0.323. The molecule has 0 bridgehead atoms. The average Bonchev–Trinajstić information content (AvgIpc) is 2.97. The molecule has 1 aromatic carbocycles. The number of benzene rings is 1. The van der Waals surface area contributed by atoms with Gasteiger partial charge in [0.15, 0.2) is 5.78 Å². The third kappa shape index (κ3) is 4.58. The predicted octanol–water partition coefficient (Wildman–Crippen LogP) is 8.16. The van der Waals surface area contributed by atoms with Crippen LogP contribution in [0.25, 0.3) is 0 Å². The first-order chi connectivity index (χ1) is 21.0. The zero-order chi connectivity index (χ0) is 32.7. The van der Waals surface area contributed by atoms with Crippen LogP contribution >= 0.6 is 0 Å². The van der Waals surface area contributed by atoms with E-state index in [1.165, 1.54) is 24.8 Å². The van der Waals surface area contributed by atoms with Gasteiger partial charge in [-0.25, -0.2) is 0 Å². The highest BCUT2D eigenvalue weighted by Crippen LogP contribution is 2.75. The Hall–Kier alpha value is -2.63. The van der Waals surface area contributed by atoms with E-state index >= 15 is 0 Å². The zero-order valence-electron chi connectivity index (χ0n) is 28.4. The van der Waals surface area contributed by atoms with Gasteiger partial charge in [-0.15, -0.1) is 0 Å². The Bertz CT molecular complexity index is 1410. The SMILES string of the molecule is C[C@@H]1CC[C@]2(C)CC[C@]3(C)C(=CC(=O)C4[C@@]5(C)CC[C@@H](OC(=O)CCc6ccc(O)cc6)[C@](C)(C(=O)O)C5CC[C@]43C)C2[C@H]1C. The van der Waals surface area contributed by atoms with Crippen LogP contribution in [0.4, 0.5) is 0 Å². The number of phenolic OH excluding ortho intramolecular Hbond substituents is 1. The maximum Gasteiger partial charge on any atom is 0.313 e. The van der Waals surface area contributed by atoms with Crippen molar-refractivity contribution in [2.75, 3.05) is 0 Å². The van der Waals surface area contributed by atoms with Crippen molar-refractivity contribution in [3.05, 3.63) is 41.5 Å². The Kier molecular flexibility index (Phi) is 7.69. The lowest BCUT2D eigenvalue weighted by molar-refractivity contribution is -0.221. The number of ether oxygens (including phenoxy) is 1. The molecule has 0 saturated heterocycles. The molecule has 0 aromatic heterocycles. The first-order valence-corrected chi connectivity index (χ1v) is 17.5. The third-order valence-corrected chi connectivity index (χ3v) is 15.0. The van der Waals surface area contributed by atoms with Crippen LogP contribution in [0, 0.1) is 56.7 Å². The Morgan fingerprint density at radius 3 is 2.27 bits per heavy atom. The number of hydrogen-bond donors (Lipinski definition) is 2. The lowest BCUT2D eigenvalue weighted by Gasteiger charge is -2.70. The highest BCUT2D eigenvalue weighted by atomic mass is 16.5. The van der Waals surface area contributed by atoms with E-state index in [-0.39, 0.29) is 46.0 Å². The van der Waals surface area contributed by atoms with Crippen molar-refractivity contribution in [1.82, 2.24) is 0 Å². The van der Waals surface area contributed by atoms with Crippen LogP contribution in [0.2, 0.25) is 0 Å². The standard InChI is InChI=1S/C39H54O6/c1-23-14-17-35(3)20-21-37(5)27(32(35)24(23)2)22-28(41)33-36(4)18-16-30(39(7,34(43)44)29(36)15-19-38(33,37)6)45-31(42)13-10-25-8-11-26(40)12-9-25/h8-9,11-12,22-24,29-30,32-33,40H,10,13-21H2,1-7H3,(H,43,44)/t23-,24+,29?,30-,32?,33?,35-,36+,37-,38-,39-/m1/s1. The number of rotatable bonds is 5. The number of aliphatic carboxylic acids is 1. The van der Waals surface area contributed by atoms with Crippen molar-refractivity contribution in [1.29, 1.82) is 0 Å². The number of fused-ring (bicyclic) bond motifs is 7. The summed E-state index contributed by atoms with van der Waals surface area (Å²) in [7, 11) is 0. The summed E-state index contributed by atoms with van der Waals surface area (Å²) >= 11 is 0. The van der Waals surface area contributed by atoms with E-state index < -0.39 is 28.9 Å². The molecule has 0 heterocycles. The van der Waals surface area contributed by atoms with Gasteiger partial charge in [-0.1, -0.05) is 59.2 Å². The molecule has 6 heteroatoms. The predicted molar refractivity (Wildman–Crippen MR) is 173 cm³/mol. The van der Waals surface area contributed by atoms with Crippen molar-refractivity contribution in [2.45, 2.75) is 119 Å². The summed E-state index contributed by atoms with van der Waals surface area (Å²) in [6.45, 7) is 16.0. The summed E-state index contributed by atoms with van der Waals surface area (Å²) in [5.74, 6) is 0.0563. The molecule has 246 valence electrons. The molecule has 45 heavy (non-hydrogen) atoms. The molecular weight excluding hydrogens is 564 g/mol. The van der Waals surface area contributed by atoms with Crippen molar-refractivity contribution < 1.29 is 29.3 Å². The Morgan fingerprint density at radius 2 is 1.60 bits per heavy atom. The number of carboxylic acids is 1. The van der Waals surface area contributed by atoms with Gasteiger partial charge in [-0.2, -0.15) is 0 Å². The van der Waals surface area contributed by atoms with Crippen LogP contribution in [-0.2, 0) is 25.5 Å². The van der Waals surface area contributed by atoms with Gasteiger partial charge < -0.3 is 14.9 Å². The molecule has 0 aliphatic heterocycles. The van der Waals surface area contributed by atoms with E-state index in [1.807, 2.05) is 0 Å². The molecular formula is C39H54O6. The summed E-state index contributed by atoms with van der Waals surface area (Å²) in [5, 5.41) is 20.4. The van der Waals surface area contributed by atoms with Crippen LogP contribution in [0.5, 0.6) is 5.75 Å². The normalized spacial score (nSPS) is 45.7. The minimum absolute atomic E-state index is 0.105. The van der Waals surface area contributed by atoms with Gasteiger partial charge in [0.05, 0.1) is 0 Å². The minimum Gasteiger partial charge on any atom is -0.508 e. The molecule has 1 aromatic rings. The molecule has 0 amide bonds. The number of carboxylic acid groups (broad SMARTS) is 1. The summed E-state index contributed by atoms with van der Waals surface area (Å²) < 4.78 is 6.03.